The van der Waals surface area contributed by atoms with E-state index in [1.54, 1.807) is 0 Å². The van der Waals surface area contributed by atoms with E-state index in [1.807, 2.05) is 20.8 Å². The molecule has 11 heteroatoms. The Kier molecular flexibility index (Phi) is 5.90. The van der Waals surface area contributed by atoms with Crippen LogP contribution >= 0.6 is 0 Å². The highest BCUT2D eigenvalue weighted by Gasteiger charge is 2.56. The molecule has 11 nitrogen and oxygen atoms in total. The van der Waals surface area contributed by atoms with Gasteiger partial charge in [-0.3, -0.25) is 33.8 Å². The van der Waals surface area contributed by atoms with Gasteiger partial charge < -0.3 is 15.4 Å². The molecule has 2 N–H and O–H groups in total. The minimum atomic E-state index is -1.03. The Morgan fingerprint density at radius 2 is 1.80 bits per heavy atom. The van der Waals surface area contributed by atoms with Crippen LogP contribution in [0.15, 0.2) is 18.2 Å². The summed E-state index contributed by atoms with van der Waals surface area (Å²) in [6.45, 7) is 4.88. The Balaban J connectivity index is 1.32. The Morgan fingerprint density at radius 1 is 1.11 bits per heavy atom. The molecule has 1 aromatic carbocycles. The number of esters is 1. The number of ether oxygens (including phenoxy) is 1. The summed E-state index contributed by atoms with van der Waals surface area (Å²) in [7, 11) is 1.37. The van der Waals surface area contributed by atoms with Crippen molar-refractivity contribution in [1.82, 2.24) is 15.1 Å². The molecule has 2 unspecified atom stereocenters. The van der Waals surface area contributed by atoms with E-state index in [0.717, 1.165) is 16.2 Å². The molecule has 1 spiro atoms. The third-order valence-corrected chi connectivity index (χ3v) is 6.65. The topological polar surface area (TPSA) is 142 Å². The van der Waals surface area contributed by atoms with Crippen LogP contribution in [0.1, 0.15) is 60.7 Å². The third kappa shape index (κ3) is 4.50. The van der Waals surface area contributed by atoms with Crippen LogP contribution in [0.5, 0.6) is 0 Å². The molecule has 2 aliphatic heterocycles. The van der Waals surface area contributed by atoms with Gasteiger partial charge in [0.05, 0.1) is 11.1 Å². The van der Waals surface area contributed by atoms with Gasteiger partial charge in [0.25, 0.3) is 23.6 Å². The summed E-state index contributed by atoms with van der Waals surface area (Å²) in [5.41, 5.74) is -0.508. The fourth-order valence-electron chi connectivity index (χ4n) is 5.61. The molecule has 1 aliphatic carbocycles. The number of nitrogens with one attached hydrogen (secondary N) is 2. The first kappa shape index (κ1) is 24.4. The first-order valence-corrected chi connectivity index (χ1v) is 11.4. The molecule has 0 aromatic heterocycles. The van der Waals surface area contributed by atoms with E-state index >= 15 is 0 Å². The Hall–Kier alpha value is -3.76. The van der Waals surface area contributed by atoms with Gasteiger partial charge in [-0.25, -0.2) is 4.79 Å². The van der Waals surface area contributed by atoms with Crippen molar-refractivity contribution in [1.29, 1.82) is 0 Å². The maximum Gasteiger partial charge on any atom is 0.326 e. The molecular formula is C24H28N4O7. The van der Waals surface area contributed by atoms with Crippen molar-refractivity contribution >= 4 is 41.3 Å². The van der Waals surface area contributed by atoms with Crippen LogP contribution in [0.2, 0.25) is 0 Å². The number of hydrogen-bond acceptors (Lipinski definition) is 7. The van der Waals surface area contributed by atoms with E-state index in [1.165, 1.54) is 25.2 Å². The van der Waals surface area contributed by atoms with Crippen LogP contribution in [-0.4, -0.2) is 71.2 Å². The molecular weight excluding hydrogens is 456 g/mol. The molecule has 35 heavy (non-hydrogen) atoms. The summed E-state index contributed by atoms with van der Waals surface area (Å²) in [4.78, 5) is 76.0. The van der Waals surface area contributed by atoms with E-state index in [2.05, 4.69) is 10.6 Å². The number of urea groups is 1. The first-order valence-electron chi connectivity index (χ1n) is 11.4. The monoisotopic (exact) mass is 484 g/mol. The van der Waals surface area contributed by atoms with E-state index in [9.17, 15) is 28.8 Å². The zero-order valence-corrected chi connectivity index (χ0v) is 20.1. The summed E-state index contributed by atoms with van der Waals surface area (Å²) in [5.74, 6) is -2.71. The molecule has 6 amide bonds. The lowest BCUT2D eigenvalue weighted by Gasteiger charge is -2.43. The highest BCUT2D eigenvalue weighted by molar-refractivity contribution is 6.21. The lowest BCUT2D eigenvalue weighted by molar-refractivity contribution is -0.150. The van der Waals surface area contributed by atoms with E-state index in [0.29, 0.717) is 12.8 Å². The second kappa shape index (κ2) is 8.47. The summed E-state index contributed by atoms with van der Waals surface area (Å²) in [5, 5.41) is 5.27. The fraction of sp³-hybridized carbons (Fsp3) is 0.500. The largest absolute Gasteiger partial charge is 0.454 e. The third-order valence-electron chi connectivity index (χ3n) is 6.65. The van der Waals surface area contributed by atoms with Crippen molar-refractivity contribution < 1.29 is 33.5 Å². The van der Waals surface area contributed by atoms with Gasteiger partial charge in [-0.05, 0) is 48.8 Å². The van der Waals surface area contributed by atoms with Crippen molar-refractivity contribution in [3.05, 3.63) is 29.3 Å². The maximum atomic E-state index is 13.1. The van der Waals surface area contributed by atoms with E-state index in [-0.39, 0.29) is 28.1 Å². The normalized spacial score (nSPS) is 25.1. The maximum absolute atomic E-state index is 13.1. The van der Waals surface area contributed by atoms with E-state index in [4.69, 9.17) is 4.74 Å². The SMILES string of the molecule is CC1CC(C)(C)CC2(C1)NC(=O)N(CC(=O)OCC(=O)Nc1ccc3c(c1)C(=O)N(C)C3=O)C2=O. The number of hydrogen-bond donors (Lipinski definition) is 2. The summed E-state index contributed by atoms with van der Waals surface area (Å²) in [6, 6.07) is 3.62. The number of anilines is 1. The van der Waals surface area contributed by atoms with Crippen LogP contribution in [0.3, 0.4) is 0 Å². The lowest BCUT2D eigenvalue weighted by Crippen LogP contribution is -2.54. The van der Waals surface area contributed by atoms with Crippen LogP contribution in [0, 0.1) is 11.3 Å². The standard InChI is InChI=1S/C24H28N4O7/c1-13-8-23(2,3)12-24(9-13)21(33)28(22(34)26-24)10-18(30)35-11-17(29)25-14-5-6-15-16(7-14)20(32)27(4)19(15)31/h5-7,13H,8-12H2,1-4H3,(H,25,29)(H,26,34). The highest BCUT2D eigenvalue weighted by Crippen LogP contribution is 2.46. The molecule has 2 atom stereocenters. The molecule has 2 fully saturated rings. The molecule has 0 bridgehead atoms. The van der Waals surface area contributed by atoms with Gasteiger partial charge in [0, 0.05) is 12.7 Å². The predicted molar refractivity (Wildman–Crippen MR) is 122 cm³/mol. The lowest BCUT2D eigenvalue weighted by atomic mass is 9.64. The van der Waals surface area contributed by atoms with E-state index < -0.39 is 54.3 Å². The molecule has 186 valence electrons. The average Bonchev–Trinajstić information content (AvgIpc) is 3.10. The van der Waals surface area contributed by atoms with Crippen molar-refractivity contribution in [2.75, 3.05) is 25.5 Å². The summed E-state index contributed by atoms with van der Waals surface area (Å²) in [6.07, 6.45) is 1.91. The molecule has 1 saturated carbocycles. The van der Waals surface area contributed by atoms with Crippen LogP contribution in [0.4, 0.5) is 10.5 Å². The molecule has 1 saturated heterocycles. The van der Waals surface area contributed by atoms with Gasteiger partial charge in [-0.15, -0.1) is 0 Å². The molecule has 4 rings (SSSR count). The number of rotatable bonds is 5. The Morgan fingerprint density at radius 3 is 2.49 bits per heavy atom. The number of carbonyl (C=O) groups is 6. The number of carbonyl (C=O) groups excluding carboxylic acids is 6. The van der Waals surface area contributed by atoms with Gasteiger partial charge in [-0.2, -0.15) is 0 Å². The number of benzene rings is 1. The second-order valence-corrected chi connectivity index (χ2v) is 10.4. The van der Waals surface area contributed by atoms with Gasteiger partial charge >= 0.3 is 12.0 Å². The quantitative estimate of drug-likeness (QED) is 0.367. The van der Waals surface area contributed by atoms with Crippen molar-refractivity contribution in [3.8, 4) is 0 Å². The summed E-state index contributed by atoms with van der Waals surface area (Å²) < 4.78 is 4.97. The van der Waals surface area contributed by atoms with Crippen molar-refractivity contribution in [2.24, 2.45) is 11.3 Å². The average molecular weight is 485 g/mol. The zero-order chi connectivity index (χ0) is 25.7. The van der Waals surface area contributed by atoms with Crippen molar-refractivity contribution in [2.45, 2.75) is 45.6 Å². The van der Waals surface area contributed by atoms with Crippen LogP contribution in [0.25, 0.3) is 0 Å². The molecule has 1 aromatic rings. The highest BCUT2D eigenvalue weighted by atomic mass is 16.5. The number of imide groups is 2. The summed E-state index contributed by atoms with van der Waals surface area (Å²) >= 11 is 0. The van der Waals surface area contributed by atoms with Crippen LogP contribution in [-0.2, 0) is 19.1 Å². The smallest absolute Gasteiger partial charge is 0.326 e. The van der Waals surface area contributed by atoms with Gasteiger partial charge in [-0.1, -0.05) is 20.8 Å². The number of fused-ring (bicyclic) bond motifs is 1. The predicted octanol–water partition coefficient (Wildman–Crippen LogP) is 1.53. The Labute approximate surface area is 202 Å². The first-order chi connectivity index (χ1) is 16.3. The zero-order valence-electron chi connectivity index (χ0n) is 20.1. The fourth-order valence-corrected chi connectivity index (χ4v) is 5.61. The minimum Gasteiger partial charge on any atom is -0.454 e. The second-order valence-electron chi connectivity index (χ2n) is 10.4. The van der Waals surface area contributed by atoms with Gasteiger partial charge in [0.15, 0.2) is 6.61 Å². The molecule has 2 heterocycles. The van der Waals surface area contributed by atoms with Gasteiger partial charge in [0.1, 0.15) is 12.1 Å². The number of nitrogens with zero attached hydrogens (tertiary/aromatic N) is 2. The van der Waals surface area contributed by atoms with Gasteiger partial charge in [0.2, 0.25) is 0 Å². The number of amides is 6. The Bertz CT molecular complexity index is 1160. The van der Waals surface area contributed by atoms with Crippen LogP contribution < -0.4 is 10.6 Å². The molecule has 3 aliphatic rings. The minimum absolute atomic E-state index is 0.139. The van der Waals surface area contributed by atoms with Crippen molar-refractivity contribution in [3.63, 3.8) is 0 Å². The molecule has 0 radical (unpaired) electrons.